The smallest absolute Gasteiger partial charge is 0.429 e. The van der Waals surface area contributed by atoms with E-state index >= 15 is 0 Å². The van der Waals surface area contributed by atoms with E-state index in [1.165, 1.54) is 5.01 Å². The Kier molecular flexibility index (Phi) is 4.88. The molecule has 0 bridgehead atoms. The molecule has 1 N–H and O–H groups in total. The second-order valence-corrected chi connectivity index (χ2v) is 3.71. The molecular weight excluding hydrogens is 224 g/mol. The predicted octanol–water partition coefficient (Wildman–Crippen LogP) is 2.11. The number of hydrogen-bond donors (Lipinski definition) is 1. The molecule has 1 aromatic carbocycles. The highest BCUT2D eigenvalue weighted by atomic mass is 32.1. The molecule has 0 aliphatic rings. The number of hydrazine groups is 1. The van der Waals surface area contributed by atoms with Crippen LogP contribution in [-0.2, 0) is 11.3 Å². The van der Waals surface area contributed by atoms with Crippen LogP contribution >= 0.6 is 12.2 Å². The topological polar surface area (TPSA) is 41.6 Å². The van der Waals surface area contributed by atoms with Gasteiger partial charge in [-0.05, 0) is 12.5 Å². The van der Waals surface area contributed by atoms with Gasteiger partial charge in [-0.15, -0.1) is 0 Å². The average molecular weight is 238 g/mol. The number of ether oxygens (including phenoxy) is 1. The van der Waals surface area contributed by atoms with E-state index in [0.29, 0.717) is 4.99 Å². The van der Waals surface area contributed by atoms with Crippen LogP contribution in [0.4, 0.5) is 4.79 Å². The number of carbonyl (C=O) groups excluding carboxylic acids is 1. The Hall–Kier alpha value is -1.46. The Bertz CT molecular complexity index is 368. The fraction of sp³-hybridized carbons (Fsp3) is 0.273. The zero-order valence-corrected chi connectivity index (χ0v) is 10.1. The standard InChI is InChI=1S/C11H14N2O2S/c1-9(16)13(12-2)11(14)15-8-10-6-4-3-5-7-10/h3-7,12H,8H2,1-2H3. The van der Waals surface area contributed by atoms with Gasteiger partial charge in [-0.1, -0.05) is 42.5 Å². The lowest BCUT2D eigenvalue weighted by Gasteiger charge is -2.18. The largest absolute Gasteiger partial charge is 0.443 e. The fourth-order valence-corrected chi connectivity index (χ4v) is 1.33. The summed E-state index contributed by atoms with van der Waals surface area (Å²) in [5.74, 6) is 0. The van der Waals surface area contributed by atoms with E-state index in [4.69, 9.17) is 17.0 Å². The summed E-state index contributed by atoms with van der Waals surface area (Å²) in [5.41, 5.74) is 3.59. The van der Waals surface area contributed by atoms with Gasteiger partial charge in [0.1, 0.15) is 11.6 Å². The summed E-state index contributed by atoms with van der Waals surface area (Å²) in [5, 5.41) is 1.18. The van der Waals surface area contributed by atoms with Crippen molar-refractivity contribution in [3.05, 3.63) is 35.9 Å². The minimum atomic E-state index is -0.501. The van der Waals surface area contributed by atoms with Gasteiger partial charge in [0.05, 0.1) is 0 Å². The van der Waals surface area contributed by atoms with Gasteiger partial charge < -0.3 is 4.74 Å². The van der Waals surface area contributed by atoms with Crippen LogP contribution in [0.1, 0.15) is 12.5 Å². The first-order chi connectivity index (χ1) is 7.65. The maximum atomic E-state index is 11.5. The van der Waals surface area contributed by atoms with E-state index in [0.717, 1.165) is 5.56 Å². The maximum Gasteiger partial charge on any atom is 0.429 e. The Balaban J connectivity index is 2.49. The summed E-state index contributed by atoms with van der Waals surface area (Å²) < 4.78 is 5.08. The summed E-state index contributed by atoms with van der Waals surface area (Å²) in [6.45, 7) is 1.88. The van der Waals surface area contributed by atoms with Crippen LogP contribution in [0.5, 0.6) is 0 Å². The van der Waals surface area contributed by atoms with Crippen molar-refractivity contribution in [3.8, 4) is 0 Å². The lowest BCUT2D eigenvalue weighted by Crippen LogP contribution is -2.43. The molecule has 5 heteroatoms. The van der Waals surface area contributed by atoms with E-state index in [1.807, 2.05) is 30.3 Å². The van der Waals surface area contributed by atoms with Crippen molar-refractivity contribution >= 4 is 23.3 Å². The number of amides is 1. The lowest BCUT2D eigenvalue weighted by molar-refractivity contribution is 0.107. The summed E-state index contributed by atoms with van der Waals surface area (Å²) in [6, 6.07) is 9.47. The van der Waals surface area contributed by atoms with Crippen molar-refractivity contribution in [1.29, 1.82) is 0 Å². The van der Waals surface area contributed by atoms with Crippen LogP contribution in [0, 0.1) is 0 Å². The summed E-state index contributed by atoms with van der Waals surface area (Å²) in [7, 11) is 1.61. The number of rotatable bonds is 3. The van der Waals surface area contributed by atoms with E-state index in [9.17, 15) is 4.79 Å². The molecule has 0 radical (unpaired) electrons. The minimum absolute atomic E-state index is 0.237. The molecule has 0 spiro atoms. The van der Waals surface area contributed by atoms with Crippen molar-refractivity contribution in [3.63, 3.8) is 0 Å². The molecule has 0 saturated heterocycles. The summed E-state index contributed by atoms with van der Waals surface area (Å²) >= 11 is 4.89. The molecule has 4 nitrogen and oxygen atoms in total. The molecule has 0 aliphatic heterocycles. The van der Waals surface area contributed by atoms with Crippen LogP contribution < -0.4 is 5.43 Å². The van der Waals surface area contributed by atoms with Gasteiger partial charge in [0.15, 0.2) is 0 Å². The van der Waals surface area contributed by atoms with Crippen molar-refractivity contribution in [1.82, 2.24) is 10.4 Å². The van der Waals surface area contributed by atoms with Crippen molar-refractivity contribution in [2.24, 2.45) is 0 Å². The van der Waals surface area contributed by atoms with Crippen LogP contribution in [0.25, 0.3) is 0 Å². The molecule has 86 valence electrons. The van der Waals surface area contributed by atoms with Gasteiger partial charge in [-0.2, -0.15) is 0 Å². The third-order valence-corrected chi connectivity index (χ3v) is 2.11. The number of nitrogens with one attached hydrogen (secondary N) is 1. The Labute approximate surface area is 100 Å². The molecule has 0 atom stereocenters. The lowest BCUT2D eigenvalue weighted by atomic mass is 10.2. The fourth-order valence-electron chi connectivity index (χ4n) is 1.16. The second kappa shape index (κ2) is 6.19. The van der Waals surface area contributed by atoms with Gasteiger partial charge in [0, 0.05) is 7.05 Å². The molecule has 0 saturated carbocycles. The molecule has 0 heterocycles. The Morgan fingerprint density at radius 3 is 2.56 bits per heavy atom. The molecule has 0 unspecified atom stereocenters. The molecule has 0 aromatic heterocycles. The molecule has 1 rings (SSSR count). The third-order valence-electron chi connectivity index (χ3n) is 1.93. The molecule has 0 aliphatic carbocycles. The maximum absolute atomic E-state index is 11.5. The number of carbonyl (C=O) groups is 1. The van der Waals surface area contributed by atoms with Crippen molar-refractivity contribution < 1.29 is 9.53 Å². The first-order valence-electron chi connectivity index (χ1n) is 4.84. The number of nitrogens with zero attached hydrogens (tertiary/aromatic N) is 1. The van der Waals surface area contributed by atoms with Crippen LogP contribution in [0.15, 0.2) is 30.3 Å². The average Bonchev–Trinajstić information content (AvgIpc) is 2.28. The number of hydrogen-bond acceptors (Lipinski definition) is 4. The van der Waals surface area contributed by atoms with Crippen molar-refractivity contribution in [2.75, 3.05) is 7.05 Å². The zero-order valence-electron chi connectivity index (χ0n) is 9.27. The van der Waals surface area contributed by atoms with E-state index in [1.54, 1.807) is 14.0 Å². The third kappa shape index (κ3) is 3.60. The van der Waals surface area contributed by atoms with E-state index < -0.39 is 6.09 Å². The molecular formula is C11H14N2O2S. The van der Waals surface area contributed by atoms with Crippen LogP contribution in [0.3, 0.4) is 0 Å². The minimum Gasteiger partial charge on any atom is -0.443 e. The molecule has 0 fully saturated rings. The monoisotopic (exact) mass is 238 g/mol. The highest BCUT2D eigenvalue weighted by Gasteiger charge is 2.14. The SMILES string of the molecule is CNN(C(=O)OCc1ccccc1)C(C)=S. The van der Waals surface area contributed by atoms with E-state index in [-0.39, 0.29) is 6.61 Å². The first kappa shape index (κ1) is 12.6. The van der Waals surface area contributed by atoms with Crippen LogP contribution in [0.2, 0.25) is 0 Å². The summed E-state index contributed by atoms with van der Waals surface area (Å²) in [4.78, 5) is 12.0. The number of benzene rings is 1. The highest BCUT2D eigenvalue weighted by molar-refractivity contribution is 7.80. The second-order valence-electron chi connectivity index (χ2n) is 3.12. The molecule has 1 aromatic rings. The molecule has 16 heavy (non-hydrogen) atoms. The van der Waals surface area contributed by atoms with Gasteiger partial charge in [-0.25, -0.2) is 15.2 Å². The van der Waals surface area contributed by atoms with Gasteiger partial charge in [0.25, 0.3) is 0 Å². The number of thiocarbonyl (C=S) groups is 1. The predicted molar refractivity (Wildman–Crippen MR) is 65.8 cm³/mol. The molecule has 1 amide bonds. The van der Waals surface area contributed by atoms with Gasteiger partial charge >= 0.3 is 6.09 Å². The van der Waals surface area contributed by atoms with Crippen LogP contribution in [-0.4, -0.2) is 23.1 Å². The normalized spacial score (nSPS) is 9.62. The summed E-state index contributed by atoms with van der Waals surface area (Å²) in [6.07, 6.45) is -0.501. The Morgan fingerprint density at radius 2 is 2.06 bits per heavy atom. The highest BCUT2D eigenvalue weighted by Crippen LogP contribution is 2.02. The Morgan fingerprint density at radius 1 is 1.44 bits per heavy atom. The zero-order chi connectivity index (χ0) is 12.0. The van der Waals surface area contributed by atoms with E-state index in [2.05, 4.69) is 5.43 Å². The van der Waals surface area contributed by atoms with Gasteiger partial charge in [-0.3, -0.25) is 0 Å². The quantitative estimate of drug-likeness (QED) is 0.647. The van der Waals surface area contributed by atoms with Crippen molar-refractivity contribution in [2.45, 2.75) is 13.5 Å². The first-order valence-corrected chi connectivity index (χ1v) is 5.24. The van der Waals surface area contributed by atoms with Gasteiger partial charge in [0.2, 0.25) is 0 Å².